The summed E-state index contributed by atoms with van der Waals surface area (Å²) >= 11 is 13.5. The van der Waals surface area contributed by atoms with E-state index in [2.05, 4.69) is 15.5 Å². The normalized spacial score (nSPS) is 10.8. The molecule has 0 bridgehead atoms. The molecule has 6 nitrogen and oxygen atoms in total. The highest BCUT2D eigenvalue weighted by atomic mass is 35.5. The molecular formula is C20H15Cl2N5OS. The van der Waals surface area contributed by atoms with Crippen LogP contribution in [0.25, 0.3) is 0 Å². The van der Waals surface area contributed by atoms with E-state index in [0.29, 0.717) is 26.6 Å². The van der Waals surface area contributed by atoms with Gasteiger partial charge in [-0.15, -0.1) is 10.2 Å². The average Bonchev–Trinajstić information content (AvgIpc) is 3.25. The van der Waals surface area contributed by atoms with Crippen molar-refractivity contribution in [2.24, 2.45) is 0 Å². The highest BCUT2D eigenvalue weighted by molar-refractivity contribution is 7.98. The quantitative estimate of drug-likeness (QED) is 0.420. The van der Waals surface area contributed by atoms with Gasteiger partial charge in [0.2, 0.25) is 11.0 Å². The van der Waals surface area contributed by atoms with Crippen LogP contribution in [0, 0.1) is 0 Å². The third-order valence-electron chi connectivity index (χ3n) is 4.05. The molecule has 2 heterocycles. The number of thioether (sulfide) groups is 1. The van der Waals surface area contributed by atoms with E-state index in [1.54, 1.807) is 41.3 Å². The molecule has 0 saturated carbocycles. The van der Waals surface area contributed by atoms with Crippen molar-refractivity contribution in [3.05, 3.63) is 99.0 Å². The second kappa shape index (κ2) is 8.73. The number of hydrogen-bond donors (Lipinski definition) is 1. The molecule has 0 fully saturated rings. The molecule has 4 aromatic rings. The molecule has 1 N–H and O–H groups in total. The van der Waals surface area contributed by atoms with E-state index in [-0.39, 0.29) is 11.4 Å². The maximum Gasteiger partial charge on any atom is 0.316 e. The van der Waals surface area contributed by atoms with E-state index in [0.717, 1.165) is 5.56 Å². The molecule has 9 heteroatoms. The van der Waals surface area contributed by atoms with E-state index in [4.69, 9.17) is 23.2 Å². The SMILES string of the molecule is O=c1c(Nc2ccc(Cl)cc2)nnc(SCc2ccccc2Cl)n1-n1cccc1. The van der Waals surface area contributed by atoms with Crippen molar-refractivity contribution in [2.75, 3.05) is 5.32 Å². The fourth-order valence-electron chi connectivity index (χ4n) is 2.62. The van der Waals surface area contributed by atoms with Crippen molar-refractivity contribution in [1.29, 1.82) is 0 Å². The lowest BCUT2D eigenvalue weighted by molar-refractivity contribution is 0.533. The van der Waals surface area contributed by atoms with Gasteiger partial charge < -0.3 is 5.32 Å². The van der Waals surface area contributed by atoms with Crippen molar-refractivity contribution in [1.82, 2.24) is 19.5 Å². The number of aromatic nitrogens is 4. The fourth-order valence-corrected chi connectivity index (χ4v) is 3.97. The first-order valence-electron chi connectivity index (χ1n) is 8.64. The second-order valence-electron chi connectivity index (χ2n) is 6.02. The van der Waals surface area contributed by atoms with Crippen LogP contribution in [0.4, 0.5) is 11.5 Å². The summed E-state index contributed by atoms with van der Waals surface area (Å²) in [6.07, 6.45) is 3.55. The topological polar surface area (TPSA) is 64.7 Å². The molecule has 0 aliphatic rings. The Morgan fingerprint density at radius 3 is 2.38 bits per heavy atom. The smallest absolute Gasteiger partial charge is 0.316 e. The minimum atomic E-state index is -0.326. The van der Waals surface area contributed by atoms with Crippen LogP contribution < -0.4 is 10.9 Å². The van der Waals surface area contributed by atoms with Gasteiger partial charge in [0, 0.05) is 33.9 Å². The van der Waals surface area contributed by atoms with Crippen molar-refractivity contribution in [2.45, 2.75) is 10.9 Å². The number of nitrogens with one attached hydrogen (secondary N) is 1. The first-order valence-corrected chi connectivity index (χ1v) is 10.4. The Morgan fingerprint density at radius 1 is 0.931 bits per heavy atom. The number of rotatable bonds is 6. The Labute approximate surface area is 181 Å². The van der Waals surface area contributed by atoms with Crippen molar-refractivity contribution in [3.8, 4) is 0 Å². The number of benzene rings is 2. The van der Waals surface area contributed by atoms with Crippen LogP contribution in [-0.2, 0) is 5.75 Å². The van der Waals surface area contributed by atoms with Gasteiger partial charge in [-0.1, -0.05) is 53.2 Å². The van der Waals surface area contributed by atoms with E-state index in [1.165, 1.54) is 16.4 Å². The first-order chi connectivity index (χ1) is 14.1. The molecular weight excluding hydrogens is 429 g/mol. The van der Waals surface area contributed by atoms with Gasteiger partial charge in [0.1, 0.15) is 0 Å². The number of halogens is 2. The summed E-state index contributed by atoms with van der Waals surface area (Å²) in [4.78, 5) is 13.1. The molecule has 0 radical (unpaired) electrons. The number of anilines is 2. The average molecular weight is 444 g/mol. The highest BCUT2D eigenvalue weighted by Gasteiger charge is 2.15. The minimum absolute atomic E-state index is 0.114. The Hall–Kier alpha value is -2.74. The lowest BCUT2D eigenvalue weighted by atomic mass is 10.2. The van der Waals surface area contributed by atoms with Crippen LogP contribution >= 0.6 is 35.0 Å². The summed E-state index contributed by atoms with van der Waals surface area (Å²) < 4.78 is 3.13. The Bertz CT molecular complexity index is 1180. The van der Waals surface area contributed by atoms with Gasteiger partial charge in [0.25, 0.3) is 0 Å². The predicted molar refractivity (Wildman–Crippen MR) is 117 cm³/mol. The third kappa shape index (κ3) is 4.48. The van der Waals surface area contributed by atoms with Crippen molar-refractivity contribution in [3.63, 3.8) is 0 Å². The Balaban J connectivity index is 1.68. The zero-order chi connectivity index (χ0) is 20.2. The van der Waals surface area contributed by atoms with Gasteiger partial charge >= 0.3 is 5.56 Å². The van der Waals surface area contributed by atoms with Crippen LogP contribution in [0.2, 0.25) is 10.0 Å². The van der Waals surface area contributed by atoms with Crippen LogP contribution in [-0.4, -0.2) is 19.5 Å². The zero-order valence-corrected chi connectivity index (χ0v) is 17.3. The van der Waals surface area contributed by atoms with E-state index in [1.807, 2.05) is 36.4 Å². The number of hydrogen-bond acceptors (Lipinski definition) is 5. The fraction of sp³-hybridized carbons (Fsp3) is 0.0500. The molecule has 0 unspecified atom stereocenters. The molecule has 0 atom stereocenters. The molecule has 2 aromatic heterocycles. The molecule has 0 amide bonds. The number of nitrogens with zero attached hydrogens (tertiary/aromatic N) is 4. The molecule has 2 aromatic carbocycles. The van der Waals surface area contributed by atoms with Gasteiger partial charge in [0.15, 0.2) is 0 Å². The lowest BCUT2D eigenvalue weighted by Gasteiger charge is -2.14. The highest BCUT2D eigenvalue weighted by Crippen LogP contribution is 2.25. The molecule has 29 heavy (non-hydrogen) atoms. The lowest BCUT2D eigenvalue weighted by Crippen LogP contribution is -2.30. The summed E-state index contributed by atoms with van der Waals surface area (Å²) in [5.74, 6) is 0.669. The Kier molecular flexibility index (Phi) is 5.89. The maximum atomic E-state index is 13.1. The van der Waals surface area contributed by atoms with Gasteiger partial charge in [-0.2, -0.15) is 4.68 Å². The van der Waals surface area contributed by atoms with Gasteiger partial charge in [-0.05, 0) is 48.0 Å². The van der Waals surface area contributed by atoms with Gasteiger partial charge in [0.05, 0.1) is 0 Å². The standard InChI is InChI=1S/C20H15Cl2N5OS/c21-15-7-9-16(10-8-15)23-18-19(28)27(26-11-3-4-12-26)20(25-24-18)29-13-14-5-1-2-6-17(14)22/h1-12H,13H2,(H,23,24). The molecule has 0 spiro atoms. The summed E-state index contributed by atoms with van der Waals surface area (Å²) in [5, 5.41) is 13.1. The maximum absolute atomic E-state index is 13.1. The predicted octanol–water partition coefficient (Wildman–Crippen LogP) is 5.09. The van der Waals surface area contributed by atoms with Crippen molar-refractivity contribution >= 4 is 46.5 Å². The largest absolute Gasteiger partial charge is 0.334 e. The van der Waals surface area contributed by atoms with Gasteiger partial charge in [-0.25, -0.2) is 0 Å². The summed E-state index contributed by atoms with van der Waals surface area (Å²) in [6.45, 7) is 0. The summed E-state index contributed by atoms with van der Waals surface area (Å²) in [6, 6.07) is 18.2. The molecule has 0 aliphatic heterocycles. The first kappa shape index (κ1) is 19.6. The van der Waals surface area contributed by atoms with Crippen LogP contribution in [0.1, 0.15) is 5.56 Å². The van der Waals surface area contributed by atoms with E-state index < -0.39 is 0 Å². The summed E-state index contributed by atoms with van der Waals surface area (Å²) in [7, 11) is 0. The monoisotopic (exact) mass is 443 g/mol. The molecule has 4 rings (SSSR count). The van der Waals surface area contributed by atoms with Crippen LogP contribution in [0.15, 0.2) is 83.0 Å². The van der Waals surface area contributed by atoms with E-state index in [9.17, 15) is 4.79 Å². The third-order valence-corrected chi connectivity index (χ3v) is 5.64. The second-order valence-corrected chi connectivity index (χ2v) is 7.81. The zero-order valence-electron chi connectivity index (χ0n) is 15.0. The van der Waals surface area contributed by atoms with Crippen LogP contribution in [0.5, 0.6) is 0 Å². The van der Waals surface area contributed by atoms with Crippen molar-refractivity contribution < 1.29 is 0 Å². The molecule has 146 valence electrons. The van der Waals surface area contributed by atoms with Crippen LogP contribution in [0.3, 0.4) is 0 Å². The Morgan fingerprint density at radius 2 is 1.66 bits per heavy atom. The molecule has 0 saturated heterocycles. The minimum Gasteiger partial charge on any atom is -0.334 e. The van der Waals surface area contributed by atoms with Gasteiger partial charge in [-0.3, -0.25) is 9.47 Å². The molecule has 0 aliphatic carbocycles. The summed E-state index contributed by atoms with van der Waals surface area (Å²) in [5.41, 5.74) is 1.32. The van der Waals surface area contributed by atoms with E-state index >= 15 is 0 Å².